The Kier molecular flexibility index (Phi) is 8.17. The van der Waals surface area contributed by atoms with Crippen LogP contribution in [0.5, 0.6) is 0 Å². The fourth-order valence-corrected chi connectivity index (χ4v) is 5.66. The summed E-state index contributed by atoms with van der Waals surface area (Å²) in [4.78, 5) is 34.1. The summed E-state index contributed by atoms with van der Waals surface area (Å²) in [5.74, 6) is 1.15. The number of likely N-dealkylation sites (tertiary alicyclic amines) is 1. The lowest BCUT2D eigenvalue weighted by atomic mass is 9.85. The minimum absolute atomic E-state index is 0. The number of fused-ring (bicyclic) bond motifs is 5. The summed E-state index contributed by atoms with van der Waals surface area (Å²) in [7, 11) is 2.19. The van der Waals surface area contributed by atoms with Gasteiger partial charge in [-0.3, -0.25) is 19.5 Å². The minimum Gasteiger partial charge on any atom is -0.357 e. The molecule has 3 fully saturated rings. The summed E-state index contributed by atoms with van der Waals surface area (Å²) in [6.45, 7) is 5.46. The van der Waals surface area contributed by atoms with Gasteiger partial charge in [0.2, 0.25) is 11.8 Å². The van der Waals surface area contributed by atoms with Gasteiger partial charge in [0.1, 0.15) is 0 Å². The first-order valence-electron chi connectivity index (χ1n) is 11.4. The van der Waals surface area contributed by atoms with Crippen LogP contribution in [0.1, 0.15) is 39.0 Å². The van der Waals surface area contributed by atoms with E-state index in [4.69, 9.17) is 0 Å². The molecule has 0 aromatic heterocycles. The molecule has 0 aromatic carbocycles. The highest BCUT2D eigenvalue weighted by Crippen LogP contribution is 2.52. The van der Waals surface area contributed by atoms with E-state index in [1.54, 1.807) is 0 Å². The fraction of sp³-hybridized carbons (Fsp3) is 0.773. The van der Waals surface area contributed by atoms with E-state index >= 15 is 0 Å². The zero-order valence-electron chi connectivity index (χ0n) is 18.2. The number of halogens is 1. The Morgan fingerprint density at radius 1 is 1.13 bits per heavy atom. The Bertz CT molecular complexity index is 661. The Hall–Kier alpha value is -1.16. The van der Waals surface area contributed by atoms with E-state index in [0.29, 0.717) is 19.1 Å². The second-order valence-corrected chi connectivity index (χ2v) is 8.93. The minimum atomic E-state index is -0.106. The number of hydrogen-bond donors (Lipinski definition) is 2. The van der Waals surface area contributed by atoms with Crippen molar-refractivity contribution in [3.8, 4) is 0 Å². The van der Waals surface area contributed by atoms with E-state index in [1.165, 1.54) is 30.6 Å². The molecule has 8 heteroatoms. The molecule has 4 unspecified atom stereocenters. The van der Waals surface area contributed by atoms with Gasteiger partial charge in [0.05, 0.1) is 18.4 Å². The summed E-state index contributed by atoms with van der Waals surface area (Å²) in [6, 6.07) is 0.706. The van der Waals surface area contributed by atoms with Crippen molar-refractivity contribution in [2.75, 3.05) is 39.8 Å². The number of carbonyl (C=O) groups is 2. The number of allylic oxidation sites excluding steroid dienone is 2. The van der Waals surface area contributed by atoms with E-state index in [9.17, 15) is 9.59 Å². The molecule has 0 radical (unpaired) electrons. The van der Waals surface area contributed by atoms with Crippen LogP contribution in [-0.2, 0) is 9.59 Å². The van der Waals surface area contributed by atoms with E-state index < -0.39 is 0 Å². The molecule has 4 atom stereocenters. The van der Waals surface area contributed by atoms with Crippen LogP contribution in [0.15, 0.2) is 17.1 Å². The van der Waals surface area contributed by atoms with Gasteiger partial charge in [-0.2, -0.15) is 0 Å². The second-order valence-electron chi connectivity index (χ2n) is 8.93. The fourth-order valence-electron chi connectivity index (χ4n) is 5.66. The smallest absolute Gasteiger partial charge is 0.233 e. The van der Waals surface area contributed by atoms with Crippen molar-refractivity contribution in [3.05, 3.63) is 12.2 Å². The van der Waals surface area contributed by atoms with Crippen LogP contribution < -0.4 is 10.6 Å². The van der Waals surface area contributed by atoms with Crippen LogP contribution in [0.4, 0.5) is 0 Å². The van der Waals surface area contributed by atoms with Crippen molar-refractivity contribution < 1.29 is 9.59 Å². The molecule has 4 rings (SSSR count). The molecule has 168 valence electrons. The summed E-state index contributed by atoms with van der Waals surface area (Å²) < 4.78 is 0. The van der Waals surface area contributed by atoms with Gasteiger partial charge in [0.25, 0.3) is 0 Å². The topological polar surface area (TPSA) is 77.0 Å². The average Bonchev–Trinajstić information content (AvgIpc) is 3.49. The molecule has 30 heavy (non-hydrogen) atoms. The van der Waals surface area contributed by atoms with E-state index in [2.05, 4.69) is 39.7 Å². The number of guanidine groups is 1. The first kappa shape index (κ1) is 23.5. The molecule has 2 amide bonds. The lowest BCUT2D eigenvalue weighted by molar-refractivity contribution is -0.140. The van der Waals surface area contributed by atoms with Gasteiger partial charge >= 0.3 is 0 Å². The molecular formula is C22H36IN5O2. The van der Waals surface area contributed by atoms with E-state index in [0.717, 1.165) is 32.0 Å². The molecule has 3 aliphatic carbocycles. The standard InChI is InChI=1S/C22H35N5O2.HI/c1-3-23-22(24-10-12-26(2)17-6-4-5-7-17)25-11-13-27-20(28)18-15-8-9-16(14-15)19(18)21(27)29;/h8-9,15-19H,3-7,10-14H2,1-2H3,(H2,23,24,25);1H. The summed E-state index contributed by atoms with van der Waals surface area (Å²) in [6.07, 6.45) is 10.5. The van der Waals surface area contributed by atoms with Crippen molar-refractivity contribution in [1.29, 1.82) is 0 Å². The molecule has 2 saturated carbocycles. The third-order valence-corrected chi connectivity index (χ3v) is 7.20. The van der Waals surface area contributed by atoms with Crippen molar-refractivity contribution in [3.63, 3.8) is 0 Å². The molecule has 2 bridgehead atoms. The van der Waals surface area contributed by atoms with Gasteiger partial charge in [-0.15, -0.1) is 24.0 Å². The highest BCUT2D eigenvalue weighted by molar-refractivity contribution is 14.0. The Morgan fingerprint density at radius 2 is 1.77 bits per heavy atom. The lowest BCUT2D eigenvalue weighted by Crippen LogP contribution is -2.44. The maximum absolute atomic E-state index is 12.8. The summed E-state index contributed by atoms with van der Waals surface area (Å²) >= 11 is 0. The van der Waals surface area contributed by atoms with Crippen molar-refractivity contribution >= 4 is 41.8 Å². The number of aliphatic imine (C=N–C) groups is 1. The van der Waals surface area contributed by atoms with Crippen LogP contribution in [0.25, 0.3) is 0 Å². The van der Waals surface area contributed by atoms with Crippen molar-refractivity contribution in [1.82, 2.24) is 20.4 Å². The lowest BCUT2D eigenvalue weighted by Gasteiger charge is -2.23. The third-order valence-electron chi connectivity index (χ3n) is 7.20. The van der Waals surface area contributed by atoms with Gasteiger partial charge in [-0.25, -0.2) is 0 Å². The maximum atomic E-state index is 12.8. The predicted octanol–water partition coefficient (Wildman–Crippen LogP) is 1.84. The van der Waals surface area contributed by atoms with Gasteiger partial charge in [0.15, 0.2) is 5.96 Å². The first-order chi connectivity index (χ1) is 14.1. The Morgan fingerprint density at radius 3 is 2.37 bits per heavy atom. The highest BCUT2D eigenvalue weighted by Gasteiger charge is 2.58. The monoisotopic (exact) mass is 529 g/mol. The average molecular weight is 529 g/mol. The Balaban J connectivity index is 0.00000256. The normalized spacial score (nSPS) is 30.4. The molecule has 0 aromatic rings. The summed E-state index contributed by atoms with van der Waals surface area (Å²) in [5, 5.41) is 6.55. The molecule has 1 aliphatic heterocycles. The van der Waals surface area contributed by atoms with Crippen molar-refractivity contribution in [2.45, 2.75) is 45.1 Å². The number of amides is 2. The number of carbonyl (C=O) groups excluding carboxylic acids is 2. The first-order valence-corrected chi connectivity index (χ1v) is 11.4. The number of imide groups is 1. The van der Waals surface area contributed by atoms with Crippen LogP contribution in [0, 0.1) is 23.7 Å². The molecule has 2 N–H and O–H groups in total. The molecular weight excluding hydrogens is 493 g/mol. The third kappa shape index (κ3) is 4.69. The van der Waals surface area contributed by atoms with E-state index in [-0.39, 0.29) is 59.5 Å². The van der Waals surface area contributed by atoms with Crippen LogP contribution >= 0.6 is 24.0 Å². The number of rotatable bonds is 8. The Labute approximate surface area is 197 Å². The van der Waals surface area contributed by atoms with Gasteiger partial charge in [0, 0.05) is 32.2 Å². The number of likely N-dealkylation sites (N-methyl/N-ethyl adjacent to an activating group) is 1. The van der Waals surface area contributed by atoms with Gasteiger partial charge < -0.3 is 15.5 Å². The molecule has 7 nitrogen and oxygen atoms in total. The zero-order chi connectivity index (χ0) is 20.4. The van der Waals surface area contributed by atoms with E-state index in [1.807, 2.05) is 6.92 Å². The largest absolute Gasteiger partial charge is 0.357 e. The SMILES string of the molecule is CCNC(=NCCN(C)C1CCCC1)NCCN1C(=O)C2C3C=CC(C3)C2C1=O.I. The number of nitrogens with zero attached hydrogens (tertiary/aromatic N) is 3. The highest BCUT2D eigenvalue weighted by atomic mass is 127. The van der Waals surface area contributed by atoms with Gasteiger partial charge in [-0.1, -0.05) is 25.0 Å². The molecule has 1 heterocycles. The van der Waals surface area contributed by atoms with Crippen LogP contribution in [-0.4, -0.2) is 73.4 Å². The number of hydrogen-bond acceptors (Lipinski definition) is 4. The predicted molar refractivity (Wildman–Crippen MR) is 129 cm³/mol. The molecule has 4 aliphatic rings. The quantitative estimate of drug-likeness (QED) is 0.165. The van der Waals surface area contributed by atoms with Crippen LogP contribution in [0.2, 0.25) is 0 Å². The summed E-state index contributed by atoms with van der Waals surface area (Å²) in [5.41, 5.74) is 0. The maximum Gasteiger partial charge on any atom is 0.233 e. The van der Waals surface area contributed by atoms with Crippen molar-refractivity contribution in [2.24, 2.45) is 28.7 Å². The zero-order valence-corrected chi connectivity index (χ0v) is 20.5. The second kappa shape index (κ2) is 10.4. The number of nitrogens with one attached hydrogen (secondary N) is 2. The van der Waals surface area contributed by atoms with Crippen LogP contribution in [0.3, 0.4) is 0 Å². The molecule has 1 saturated heterocycles. The molecule has 0 spiro atoms. The van der Waals surface area contributed by atoms with Gasteiger partial charge in [-0.05, 0) is 45.1 Å².